The maximum absolute atomic E-state index is 14.8. The number of urea groups is 1. The molecule has 0 saturated heterocycles. The van der Waals surface area contributed by atoms with Crippen LogP contribution in [0.4, 0.5) is 23.7 Å². The molecule has 0 radical (unpaired) electrons. The molecule has 2 aromatic rings. The topological polar surface area (TPSA) is 98.9 Å². The largest absolute Gasteiger partial charge is 0.345 e. The van der Waals surface area contributed by atoms with Crippen molar-refractivity contribution < 1.29 is 22.8 Å². The van der Waals surface area contributed by atoms with Crippen molar-refractivity contribution in [3.8, 4) is 11.8 Å². The lowest BCUT2D eigenvalue weighted by atomic mass is 9.81. The van der Waals surface area contributed by atoms with E-state index in [-0.39, 0.29) is 35.1 Å². The lowest BCUT2D eigenvalue weighted by Crippen LogP contribution is -2.59. The number of H-pyrrole nitrogens is 1. The van der Waals surface area contributed by atoms with Crippen LogP contribution in [0.1, 0.15) is 41.5 Å². The Hall–Kier alpha value is -3.48. The maximum Gasteiger partial charge on any atom is 0.320 e. The van der Waals surface area contributed by atoms with Crippen molar-refractivity contribution in [3.05, 3.63) is 47.3 Å². The number of amides is 3. The Kier molecular flexibility index (Phi) is 4.68. The molecule has 2 heterocycles. The van der Waals surface area contributed by atoms with E-state index < -0.39 is 29.2 Å². The molecule has 3 amide bonds. The van der Waals surface area contributed by atoms with Crippen molar-refractivity contribution in [2.45, 2.75) is 37.8 Å². The van der Waals surface area contributed by atoms with Crippen LogP contribution >= 0.6 is 0 Å². The van der Waals surface area contributed by atoms with Gasteiger partial charge in [0.2, 0.25) is 0 Å². The number of halogens is 3. The number of anilines is 1. The Bertz CT molecular complexity index is 1060. The van der Waals surface area contributed by atoms with Gasteiger partial charge in [0, 0.05) is 48.6 Å². The first-order valence-electron chi connectivity index (χ1n) is 9.30. The molecule has 2 aliphatic rings. The van der Waals surface area contributed by atoms with Crippen LogP contribution in [0.5, 0.6) is 0 Å². The summed E-state index contributed by atoms with van der Waals surface area (Å²) in [5, 5.41) is 7.11. The Morgan fingerprint density at radius 3 is 2.80 bits per heavy atom. The fourth-order valence-electron chi connectivity index (χ4n) is 3.20. The third kappa shape index (κ3) is 3.58. The summed E-state index contributed by atoms with van der Waals surface area (Å²) in [4.78, 5) is 30.6. The second kappa shape index (κ2) is 7.09. The maximum atomic E-state index is 14.8. The van der Waals surface area contributed by atoms with E-state index in [0.717, 1.165) is 18.9 Å². The molecule has 1 aromatic heterocycles. The zero-order valence-electron chi connectivity index (χ0n) is 15.9. The lowest BCUT2D eigenvalue weighted by Gasteiger charge is -2.40. The molecule has 10 heteroatoms. The second-order valence-electron chi connectivity index (χ2n) is 7.37. The van der Waals surface area contributed by atoms with Gasteiger partial charge in [0.1, 0.15) is 5.82 Å². The molecule has 0 spiro atoms. The van der Waals surface area contributed by atoms with Gasteiger partial charge in [0.15, 0.2) is 11.4 Å². The van der Waals surface area contributed by atoms with Crippen molar-refractivity contribution in [2.75, 3.05) is 5.32 Å². The van der Waals surface area contributed by atoms with Crippen LogP contribution in [0.25, 0.3) is 0 Å². The molecule has 1 saturated carbocycles. The minimum absolute atomic E-state index is 0.000367. The molecule has 7 nitrogen and oxygen atoms in total. The summed E-state index contributed by atoms with van der Waals surface area (Å²) in [6.07, 6.45) is 4.47. The highest BCUT2D eigenvalue weighted by molar-refractivity contribution is 5.95. The van der Waals surface area contributed by atoms with Gasteiger partial charge in [-0.3, -0.25) is 4.79 Å². The van der Waals surface area contributed by atoms with Crippen LogP contribution in [0.3, 0.4) is 0 Å². The molecule has 1 aliphatic heterocycles. The van der Waals surface area contributed by atoms with E-state index in [1.54, 1.807) is 0 Å². The molecule has 1 atom stereocenters. The van der Waals surface area contributed by atoms with Crippen LogP contribution in [-0.2, 0) is 12.1 Å². The van der Waals surface area contributed by atoms with E-state index in [1.807, 2.05) is 0 Å². The molecule has 0 unspecified atom stereocenters. The number of aromatic nitrogens is 2. The van der Waals surface area contributed by atoms with Gasteiger partial charge in [0.05, 0.1) is 0 Å². The standard InChI is InChI=1S/C20H18F3N5O2/c1-19(22,23)20(5-4-11-2-3-11)13-9-14(21)12(8-15(13)27-18(30)28-20)10-26-17(29)16-24-6-7-25-16/h6-9,11H,2-3,10H2,1H3,(H,24,25)(H,26,29)(H2,27,28,30)/t20-/m0/s1. The summed E-state index contributed by atoms with van der Waals surface area (Å²) in [7, 11) is 0. The SMILES string of the molecule is CC(F)(F)[C@@]1(C#CC2CC2)NC(=O)Nc2cc(CNC(=O)c3ncc[nH]3)c(F)cc21. The molecule has 30 heavy (non-hydrogen) atoms. The Balaban J connectivity index is 1.70. The lowest BCUT2D eigenvalue weighted by molar-refractivity contribution is -0.0465. The van der Waals surface area contributed by atoms with Crippen molar-refractivity contribution in [1.82, 2.24) is 20.6 Å². The average molecular weight is 417 g/mol. The molecule has 1 fully saturated rings. The van der Waals surface area contributed by atoms with Crippen molar-refractivity contribution in [1.29, 1.82) is 0 Å². The molecule has 156 valence electrons. The van der Waals surface area contributed by atoms with Crippen molar-refractivity contribution in [3.63, 3.8) is 0 Å². The predicted octanol–water partition coefficient (Wildman–Crippen LogP) is 2.88. The minimum Gasteiger partial charge on any atom is -0.345 e. The van der Waals surface area contributed by atoms with Crippen LogP contribution in [0, 0.1) is 23.6 Å². The van der Waals surface area contributed by atoms with E-state index in [2.05, 4.69) is 37.8 Å². The van der Waals surface area contributed by atoms with Crippen LogP contribution in [0.2, 0.25) is 0 Å². The zero-order valence-corrected chi connectivity index (χ0v) is 15.9. The highest BCUT2D eigenvalue weighted by Crippen LogP contribution is 2.44. The van der Waals surface area contributed by atoms with E-state index in [9.17, 15) is 22.8 Å². The molecule has 4 rings (SSSR count). The van der Waals surface area contributed by atoms with Crippen LogP contribution in [-0.4, -0.2) is 27.8 Å². The molecule has 1 aromatic carbocycles. The number of nitrogens with one attached hydrogen (secondary N) is 4. The van der Waals surface area contributed by atoms with Crippen LogP contribution in [0.15, 0.2) is 24.5 Å². The van der Waals surface area contributed by atoms with E-state index in [4.69, 9.17) is 0 Å². The highest BCUT2D eigenvalue weighted by Gasteiger charge is 2.55. The first-order chi connectivity index (χ1) is 14.2. The number of nitrogens with zero attached hydrogens (tertiary/aromatic N) is 1. The summed E-state index contributed by atoms with van der Waals surface area (Å²) in [6, 6.07) is 1.28. The quantitative estimate of drug-likeness (QED) is 0.576. The molecular formula is C20H18F3N5O2. The minimum atomic E-state index is -3.48. The van der Waals surface area contributed by atoms with Crippen molar-refractivity contribution >= 4 is 17.6 Å². The summed E-state index contributed by atoms with van der Waals surface area (Å²) < 4.78 is 44.2. The third-order valence-corrected chi connectivity index (χ3v) is 4.99. The Labute approximate surface area is 169 Å². The number of carbonyl (C=O) groups excluding carboxylic acids is 2. The van der Waals surface area contributed by atoms with Gasteiger partial charge in [-0.2, -0.15) is 0 Å². The third-order valence-electron chi connectivity index (χ3n) is 4.99. The van der Waals surface area contributed by atoms with E-state index >= 15 is 0 Å². The normalized spacial score (nSPS) is 20.3. The van der Waals surface area contributed by atoms with Gasteiger partial charge in [-0.25, -0.2) is 22.9 Å². The summed E-state index contributed by atoms with van der Waals surface area (Å²) in [5.41, 5.74) is -2.50. The number of imidazole rings is 1. The van der Waals surface area contributed by atoms with E-state index in [0.29, 0.717) is 6.92 Å². The number of hydrogen-bond donors (Lipinski definition) is 4. The molecule has 1 aliphatic carbocycles. The summed E-state index contributed by atoms with van der Waals surface area (Å²) >= 11 is 0. The van der Waals surface area contributed by atoms with Crippen LogP contribution < -0.4 is 16.0 Å². The molecule has 0 bridgehead atoms. The van der Waals surface area contributed by atoms with Crippen molar-refractivity contribution in [2.24, 2.45) is 5.92 Å². The van der Waals surface area contributed by atoms with Gasteiger partial charge in [0.25, 0.3) is 11.8 Å². The Morgan fingerprint density at radius 1 is 1.40 bits per heavy atom. The van der Waals surface area contributed by atoms with Gasteiger partial charge in [-0.1, -0.05) is 11.8 Å². The zero-order chi connectivity index (χ0) is 21.5. The number of aromatic amines is 1. The molecule has 4 N–H and O–H groups in total. The first kappa shape index (κ1) is 19.8. The monoisotopic (exact) mass is 417 g/mol. The van der Waals surface area contributed by atoms with Gasteiger partial charge < -0.3 is 20.9 Å². The van der Waals surface area contributed by atoms with E-state index in [1.165, 1.54) is 18.5 Å². The summed E-state index contributed by atoms with van der Waals surface area (Å²) in [6.45, 7) is 0.407. The van der Waals surface area contributed by atoms with Gasteiger partial charge in [-0.05, 0) is 25.0 Å². The Morgan fingerprint density at radius 2 is 2.17 bits per heavy atom. The second-order valence-corrected chi connectivity index (χ2v) is 7.37. The first-order valence-corrected chi connectivity index (χ1v) is 9.30. The average Bonchev–Trinajstić information content (AvgIpc) is 3.34. The number of benzene rings is 1. The fraction of sp³-hybridized carbons (Fsp3) is 0.350. The number of rotatable bonds is 4. The molecular weight excluding hydrogens is 399 g/mol. The number of hydrogen-bond acceptors (Lipinski definition) is 3. The number of fused-ring (bicyclic) bond motifs is 1. The van der Waals surface area contributed by atoms with Gasteiger partial charge in [-0.15, -0.1) is 0 Å². The fourth-order valence-corrected chi connectivity index (χ4v) is 3.20. The number of carbonyl (C=O) groups is 2. The summed E-state index contributed by atoms with van der Waals surface area (Å²) in [5.74, 6) is 0.471. The highest BCUT2D eigenvalue weighted by atomic mass is 19.3. The number of alkyl halides is 2. The smallest absolute Gasteiger partial charge is 0.320 e. The van der Waals surface area contributed by atoms with Gasteiger partial charge >= 0.3 is 6.03 Å². The predicted molar refractivity (Wildman–Crippen MR) is 101 cm³/mol.